The Bertz CT molecular complexity index is 399. The topological polar surface area (TPSA) is 58.2 Å². The fourth-order valence-electron chi connectivity index (χ4n) is 3.90. The molecule has 0 aromatic rings. The maximum Gasteiger partial charge on any atom is 0.223 e. The fourth-order valence-corrected chi connectivity index (χ4v) is 3.90. The van der Waals surface area contributed by atoms with Gasteiger partial charge in [-0.05, 0) is 55.8 Å². The molecular formula is C18H30N2O2. The second-order valence-electron chi connectivity index (χ2n) is 8.03. The molecule has 0 radical (unpaired) electrons. The van der Waals surface area contributed by atoms with Gasteiger partial charge in [-0.1, -0.05) is 20.3 Å². The Kier molecular flexibility index (Phi) is 4.74. The van der Waals surface area contributed by atoms with Gasteiger partial charge in [-0.2, -0.15) is 0 Å². The van der Waals surface area contributed by atoms with Crippen LogP contribution in [0.1, 0.15) is 52.4 Å². The summed E-state index contributed by atoms with van der Waals surface area (Å²) in [6, 6.07) is 0. The molecule has 22 heavy (non-hydrogen) atoms. The molecule has 3 aliphatic carbocycles. The average molecular weight is 306 g/mol. The molecule has 4 nitrogen and oxygen atoms in total. The van der Waals surface area contributed by atoms with E-state index < -0.39 is 0 Å². The maximum atomic E-state index is 11.9. The van der Waals surface area contributed by atoms with E-state index in [-0.39, 0.29) is 23.7 Å². The van der Waals surface area contributed by atoms with Crippen molar-refractivity contribution in [2.75, 3.05) is 13.1 Å². The smallest absolute Gasteiger partial charge is 0.223 e. The molecule has 0 heterocycles. The lowest BCUT2D eigenvalue weighted by Gasteiger charge is -2.29. The number of carbonyl (C=O) groups is 2. The minimum absolute atomic E-state index is 0.255. The van der Waals surface area contributed by atoms with Crippen molar-refractivity contribution in [3.8, 4) is 0 Å². The van der Waals surface area contributed by atoms with Crippen LogP contribution in [0.2, 0.25) is 0 Å². The molecule has 0 aromatic carbocycles. The second kappa shape index (κ2) is 6.59. The summed E-state index contributed by atoms with van der Waals surface area (Å²) < 4.78 is 0. The molecule has 0 saturated heterocycles. The number of hydrogen-bond donors (Lipinski definition) is 2. The third kappa shape index (κ3) is 4.02. The summed E-state index contributed by atoms with van der Waals surface area (Å²) in [7, 11) is 0. The van der Waals surface area contributed by atoms with Crippen LogP contribution in [0.5, 0.6) is 0 Å². The average Bonchev–Trinajstić information content (AvgIpc) is 3.41. The fraction of sp³-hybridized carbons (Fsp3) is 0.889. The number of rotatable bonds is 6. The minimum Gasteiger partial charge on any atom is -0.356 e. The van der Waals surface area contributed by atoms with Crippen molar-refractivity contribution in [2.24, 2.45) is 35.5 Å². The van der Waals surface area contributed by atoms with Crippen LogP contribution in [0, 0.1) is 35.5 Å². The Morgan fingerprint density at radius 2 is 1.23 bits per heavy atom. The highest BCUT2D eigenvalue weighted by atomic mass is 16.2. The van der Waals surface area contributed by atoms with Gasteiger partial charge in [-0.3, -0.25) is 9.59 Å². The number of hydrogen-bond acceptors (Lipinski definition) is 2. The molecule has 2 N–H and O–H groups in total. The Labute approximate surface area is 133 Å². The molecule has 3 saturated carbocycles. The summed E-state index contributed by atoms with van der Waals surface area (Å²) in [5.41, 5.74) is 0. The summed E-state index contributed by atoms with van der Waals surface area (Å²) in [6.45, 7) is 5.94. The summed E-state index contributed by atoms with van der Waals surface area (Å²) in [6.07, 6.45) is 6.91. The molecule has 0 spiro atoms. The van der Waals surface area contributed by atoms with Crippen molar-refractivity contribution in [3.05, 3.63) is 0 Å². The molecule has 0 aromatic heterocycles. The monoisotopic (exact) mass is 306 g/mol. The van der Waals surface area contributed by atoms with E-state index in [1.807, 2.05) is 0 Å². The van der Waals surface area contributed by atoms with E-state index in [0.717, 1.165) is 32.4 Å². The van der Waals surface area contributed by atoms with Crippen LogP contribution >= 0.6 is 0 Å². The first-order valence-electron chi connectivity index (χ1n) is 9.10. The first-order valence-corrected chi connectivity index (χ1v) is 9.10. The molecule has 3 aliphatic rings. The maximum absolute atomic E-state index is 11.9. The second-order valence-corrected chi connectivity index (χ2v) is 8.03. The van der Waals surface area contributed by atoms with Gasteiger partial charge in [-0.25, -0.2) is 0 Å². The standard InChI is InChI=1S/C18H30N2O2/c1-11-6-15(11)17(21)19-9-13-4-3-5-14(8-13)10-20-18(22)16-7-12(16)2/h11-16H,3-10H2,1-2H3,(H,19,21)(H,20,22)/t11-,12-,13-,14+,15+,16-/m1/s1. The molecule has 0 aliphatic heterocycles. The Morgan fingerprint density at radius 1 is 0.818 bits per heavy atom. The molecule has 2 amide bonds. The summed E-state index contributed by atoms with van der Waals surface area (Å²) in [5, 5.41) is 6.28. The molecule has 3 rings (SSSR count). The molecule has 0 bridgehead atoms. The normalized spacial score (nSPS) is 39.9. The lowest BCUT2D eigenvalue weighted by molar-refractivity contribution is -0.123. The van der Waals surface area contributed by atoms with Gasteiger partial charge in [0.05, 0.1) is 0 Å². The van der Waals surface area contributed by atoms with Crippen molar-refractivity contribution in [3.63, 3.8) is 0 Å². The largest absolute Gasteiger partial charge is 0.356 e. The van der Waals surface area contributed by atoms with E-state index >= 15 is 0 Å². The highest BCUT2D eigenvalue weighted by Gasteiger charge is 2.40. The first kappa shape index (κ1) is 15.8. The van der Waals surface area contributed by atoms with E-state index in [1.54, 1.807) is 0 Å². The van der Waals surface area contributed by atoms with Crippen LogP contribution in [0.25, 0.3) is 0 Å². The van der Waals surface area contributed by atoms with E-state index in [4.69, 9.17) is 0 Å². The Morgan fingerprint density at radius 3 is 1.59 bits per heavy atom. The number of carbonyl (C=O) groups excluding carboxylic acids is 2. The zero-order chi connectivity index (χ0) is 15.7. The third-order valence-corrected chi connectivity index (χ3v) is 5.91. The molecule has 3 fully saturated rings. The third-order valence-electron chi connectivity index (χ3n) is 5.91. The van der Waals surface area contributed by atoms with Gasteiger partial charge in [0.15, 0.2) is 0 Å². The molecule has 6 atom stereocenters. The van der Waals surface area contributed by atoms with Crippen LogP contribution in [0.15, 0.2) is 0 Å². The number of nitrogens with one attached hydrogen (secondary N) is 2. The predicted molar refractivity (Wildman–Crippen MR) is 86.0 cm³/mol. The van der Waals surface area contributed by atoms with E-state index in [1.165, 1.54) is 19.3 Å². The first-order chi connectivity index (χ1) is 10.5. The summed E-state index contributed by atoms with van der Waals surface area (Å²) in [4.78, 5) is 23.8. The molecule has 124 valence electrons. The van der Waals surface area contributed by atoms with Crippen LogP contribution in [-0.2, 0) is 9.59 Å². The summed E-state index contributed by atoms with van der Waals surface area (Å²) >= 11 is 0. The zero-order valence-corrected chi connectivity index (χ0v) is 13.9. The van der Waals surface area contributed by atoms with Crippen molar-refractivity contribution >= 4 is 11.8 Å². The predicted octanol–water partition coefficient (Wildman–Crippen LogP) is 2.34. The SMILES string of the molecule is C[C@@H]1C[C@@H]1C(=O)NC[C@@H]1CCC[C@H](CNC(=O)[C@@H]2C[C@H]2C)C1. The molecular weight excluding hydrogens is 276 g/mol. The van der Waals surface area contributed by atoms with Gasteiger partial charge >= 0.3 is 0 Å². The number of amides is 2. The zero-order valence-electron chi connectivity index (χ0n) is 13.9. The van der Waals surface area contributed by atoms with Crippen molar-refractivity contribution in [1.82, 2.24) is 10.6 Å². The van der Waals surface area contributed by atoms with Crippen LogP contribution in [0.4, 0.5) is 0 Å². The Hall–Kier alpha value is -1.06. The van der Waals surface area contributed by atoms with Gasteiger partial charge in [0.2, 0.25) is 11.8 Å². The Balaban J connectivity index is 1.34. The van der Waals surface area contributed by atoms with Gasteiger partial charge in [0.25, 0.3) is 0 Å². The van der Waals surface area contributed by atoms with E-state index in [9.17, 15) is 9.59 Å². The van der Waals surface area contributed by atoms with E-state index in [2.05, 4.69) is 24.5 Å². The quantitative estimate of drug-likeness (QED) is 0.791. The van der Waals surface area contributed by atoms with Gasteiger partial charge < -0.3 is 10.6 Å². The highest BCUT2D eigenvalue weighted by Crippen LogP contribution is 2.38. The van der Waals surface area contributed by atoms with Crippen LogP contribution in [-0.4, -0.2) is 24.9 Å². The van der Waals surface area contributed by atoms with Gasteiger partial charge in [0.1, 0.15) is 0 Å². The van der Waals surface area contributed by atoms with Crippen LogP contribution < -0.4 is 10.6 Å². The summed E-state index contributed by atoms with van der Waals surface area (Å²) in [5.74, 6) is 3.41. The van der Waals surface area contributed by atoms with E-state index in [0.29, 0.717) is 23.7 Å². The molecule has 4 heteroatoms. The minimum atomic E-state index is 0.255. The van der Waals surface area contributed by atoms with Crippen LogP contribution in [0.3, 0.4) is 0 Å². The van der Waals surface area contributed by atoms with Crippen molar-refractivity contribution < 1.29 is 9.59 Å². The molecule has 0 unspecified atom stereocenters. The lowest BCUT2D eigenvalue weighted by Crippen LogP contribution is -2.36. The van der Waals surface area contributed by atoms with Crippen molar-refractivity contribution in [2.45, 2.75) is 52.4 Å². The van der Waals surface area contributed by atoms with Crippen molar-refractivity contribution in [1.29, 1.82) is 0 Å². The highest BCUT2D eigenvalue weighted by molar-refractivity contribution is 5.81. The lowest BCUT2D eigenvalue weighted by atomic mass is 9.81. The van der Waals surface area contributed by atoms with Gasteiger partial charge in [-0.15, -0.1) is 0 Å². The van der Waals surface area contributed by atoms with Gasteiger partial charge in [0, 0.05) is 24.9 Å².